The van der Waals surface area contributed by atoms with Gasteiger partial charge in [0.15, 0.2) is 0 Å². The lowest BCUT2D eigenvalue weighted by Crippen LogP contribution is -2.31. The zero-order valence-corrected chi connectivity index (χ0v) is 17.3. The van der Waals surface area contributed by atoms with E-state index in [0.29, 0.717) is 13.1 Å². The molecule has 4 heteroatoms. The summed E-state index contributed by atoms with van der Waals surface area (Å²) >= 11 is 0. The number of fused-ring (bicyclic) bond motifs is 1. The third-order valence-corrected chi connectivity index (χ3v) is 5.40. The number of ether oxygens (including phenoxy) is 1. The van der Waals surface area contributed by atoms with Crippen LogP contribution < -0.4 is 10.1 Å². The molecule has 1 aromatic heterocycles. The second-order valence-corrected chi connectivity index (χ2v) is 7.52. The van der Waals surface area contributed by atoms with Gasteiger partial charge in [0.1, 0.15) is 5.75 Å². The molecular weight excluding hydrogens is 372 g/mol. The smallest absolute Gasteiger partial charge is 0.118 e. The predicted octanol–water partition coefficient (Wildman–Crippen LogP) is 4.51. The van der Waals surface area contributed by atoms with E-state index >= 15 is 0 Å². The molecule has 0 radical (unpaired) electrons. The second-order valence-electron chi connectivity index (χ2n) is 7.52. The van der Waals surface area contributed by atoms with E-state index in [1.807, 2.05) is 30.3 Å². The number of rotatable bonds is 9. The largest absolute Gasteiger partial charge is 0.497 e. The summed E-state index contributed by atoms with van der Waals surface area (Å²) in [6.07, 6.45) is 0.477. The van der Waals surface area contributed by atoms with Gasteiger partial charge in [-0.25, -0.2) is 0 Å². The van der Waals surface area contributed by atoms with E-state index in [0.717, 1.165) is 35.5 Å². The van der Waals surface area contributed by atoms with Crippen LogP contribution >= 0.6 is 0 Å². The lowest BCUT2D eigenvalue weighted by molar-refractivity contribution is 0.154. The minimum atomic E-state index is -0.478. The molecule has 0 saturated carbocycles. The number of nitrogens with zero attached hydrogens (tertiary/aromatic N) is 1. The molecule has 0 amide bonds. The maximum absolute atomic E-state index is 10.7. The maximum atomic E-state index is 10.7. The summed E-state index contributed by atoms with van der Waals surface area (Å²) < 4.78 is 7.50. The predicted molar refractivity (Wildman–Crippen MR) is 123 cm³/mol. The highest BCUT2D eigenvalue weighted by molar-refractivity contribution is 5.87. The molecule has 3 aromatic carbocycles. The Hall–Kier alpha value is -3.08. The van der Waals surface area contributed by atoms with Gasteiger partial charge in [-0.15, -0.1) is 0 Å². The first-order valence-corrected chi connectivity index (χ1v) is 10.4. The van der Waals surface area contributed by atoms with Crippen LogP contribution in [0.3, 0.4) is 0 Å². The first-order valence-electron chi connectivity index (χ1n) is 10.4. The molecule has 2 N–H and O–H groups in total. The summed E-state index contributed by atoms with van der Waals surface area (Å²) in [5.41, 5.74) is 4.64. The van der Waals surface area contributed by atoms with Crippen LogP contribution in [0.1, 0.15) is 5.56 Å². The van der Waals surface area contributed by atoms with Gasteiger partial charge in [-0.1, -0.05) is 48.5 Å². The summed E-state index contributed by atoms with van der Waals surface area (Å²) in [5, 5.41) is 15.3. The minimum Gasteiger partial charge on any atom is -0.497 e. The molecule has 1 heterocycles. The van der Waals surface area contributed by atoms with E-state index in [1.54, 1.807) is 7.11 Å². The zero-order chi connectivity index (χ0) is 20.8. The van der Waals surface area contributed by atoms with Crippen molar-refractivity contribution in [3.63, 3.8) is 0 Å². The molecule has 0 fully saturated rings. The van der Waals surface area contributed by atoms with E-state index in [-0.39, 0.29) is 0 Å². The molecule has 4 nitrogen and oxygen atoms in total. The number of nitrogens with one attached hydrogen (secondary N) is 1. The topological polar surface area (TPSA) is 46.4 Å². The average Bonchev–Trinajstić information content (AvgIpc) is 3.16. The van der Waals surface area contributed by atoms with E-state index in [9.17, 15) is 5.11 Å². The molecule has 30 heavy (non-hydrogen) atoms. The van der Waals surface area contributed by atoms with Gasteiger partial charge < -0.3 is 19.7 Å². The number of hydrogen-bond acceptors (Lipinski definition) is 3. The molecule has 0 aliphatic rings. The van der Waals surface area contributed by atoms with E-state index < -0.39 is 6.10 Å². The fourth-order valence-electron chi connectivity index (χ4n) is 3.83. The Morgan fingerprint density at radius 3 is 2.43 bits per heavy atom. The van der Waals surface area contributed by atoms with E-state index in [1.165, 1.54) is 10.9 Å². The normalized spacial score (nSPS) is 12.2. The SMILES string of the molecule is COc1ccc(-c2cc3ccccc3n2C[C@H](O)CNCCc2ccccc2)cc1. The van der Waals surface area contributed by atoms with Crippen molar-refractivity contribution in [1.82, 2.24) is 9.88 Å². The summed E-state index contributed by atoms with van der Waals surface area (Å²) in [7, 11) is 1.67. The number of para-hydroxylation sites is 1. The second kappa shape index (κ2) is 9.61. The van der Waals surface area contributed by atoms with Crippen molar-refractivity contribution in [2.75, 3.05) is 20.2 Å². The number of aliphatic hydroxyl groups excluding tert-OH is 1. The Balaban J connectivity index is 1.46. The van der Waals surface area contributed by atoms with Crippen LogP contribution in [-0.2, 0) is 13.0 Å². The summed E-state index contributed by atoms with van der Waals surface area (Å²) in [5.74, 6) is 0.837. The van der Waals surface area contributed by atoms with Crippen LogP contribution in [-0.4, -0.2) is 36.0 Å². The quantitative estimate of drug-likeness (QED) is 0.406. The summed E-state index contributed by atoms with van der Waals surface area (Å²) in [4.78, 5) is 0. The molecule has 0 unspecified atom stereocenters. The standard InChI is InChI=1S/C26H28N2O2/c1-30-24-13-11-21(12-14-24)26-17-22-9-5-6-10-25(22)28(26)19-23(29)18-27-16-15-20-7-3-2-4-8-20/h2-14,17,23,27,29H,15-16,18-19H2,1H3/t23-/m1/s1. The highest BCUT2D eigenvalue weighted by Crippen LogP contribution is 2.29. The van der Waals surface area contributed by atoms with Crippen LogP contribution in [0.5, 0.6) is 5.75 Å². The molecule has 4 aromatic rings. The van der Waals surface area contributed by atoms with Crippen molar-refractivity contribution in [3.05, 3.63) is 90.5 Å². The number of methoxy groups -OCH3 is 1. The van der Waals surface area contributed by atoms with Crippen LogP contribution in [0.4, 0.5) is 0 Å². The molecule has 1 atom stereocenters. The Morgan fingerprint density at radius 2 is 1.67 bits per heavy atom. The lowest BCUT2D eigenvalue weighted by atomic mass is 10.1. The molecule has 154 valence electrons. The Morgan fingerprint density at radius 1 is 0.933 bits per heavy atom. The van der Waals surface area contributed by atoms with Gasteiger partial charge in [0, 0.05) is 23.1 Å². The molecule has 0 spiro atoms. The molecule has 0 saturated heterocycles. The van der Waals surface area contributed by atoms with E-state index in [4.69, 9.17) is 4.74 Å². The van der Waals surface area contributed by atoms with Gasteiger partial charge >= 0.3 is 0 Å². The van der Waals surface area contributed by atoms with Crippen molar-refractivity contribution in [2.45, 2.75) is 19.1 Å². The summed E-state index contributed by atoms with van der Waals surface area (Å²) in [6.45, 7) is 1.94. The van der Waals surface area contributed by atoms with Crippen molar-refractivity contribution < 1.29 is 9.84 Å². The molecule has 0 aliphatic heterocycles. The molecule has 0 bridgehead atoms. The fraction of sp³-hybridized carbons (Fsp3) is 0.231. The molecule has 4 rings (SSSR count). The van der Waals surface area contributed by atoms with Crippen LogP contribution in [0.15, 0.2) is 84.9 Å². The minimum absolute atomic E-state index is 0.478. The summed E-state index contributed by atoms with van der Waals surface area (Å²) in [6, 6.07) is 29.0. The monoisotopic (exact) mass is 400 g/mol. The first kappa shape index (κ1) is 20.2. The average molecular weight is 401 g/mol. The van der Waals surface area contributed by atoms with Crippen molar-refractivity contribution in [3.8, 4) is 17.0 Å². The maximum Gasteiger partial charge on any atom is 0.118 e. The highest BCUT2D eigenvalue weighted by Gasteiger charge is 2.14. The Labute approximate surface area is 177 Å². The number of aromatic nitrogens is 1. The number of hydrogen-bond donors (Lipinski definition) is 2. The Kier molecular flexibility index (Phi) is 6.47. The number of aliphatic hydroxyl groups is 1. The molecular formula is C26H28N2O2. The van der Waals surface area contributed by atoms with E-state index in [2.05, 4.69) is 64.5 Å². The van der Waals surface area contributed by atoms with Gasteiger partial charge in [-0.3, -0.25) is 0 Å². The third-order valence-electron chi connectivity index (χ3n) is 5.40. The zero-order valence-electron chi connectivity index (χ0n) is 17.3. The van der Waals surface area contributed by atoms with Gasteiger partial charge in [-0.05, 0) is 60.5 Å². The van der Waals surface area contributed by atoms with Crippen LogP contribution in [0.2, 0.25) is 0 Å². The fourth-order valence-corrected chi connectivity index (χ4v) is 3.83. The van der Waals surface area contributed by atoms with Crippen molar-refractivity contribution in [2.24, 2.45) is 0 Å². The van der Waals surface area contributed by atoms with Crippen LogP contribution in [0, 0.1) is 0 Å². The first-order chi connectivity index (χ1) is 14.7. The number of benzene rings is 3. The highest BCUT2D eigenvalue weighted by atomic mass is 16.5. The van der Waals surface area contributed by atoms with Gasteiger partial charge in [0.25, 0.3) is 0 Å². The lowest BCUT2D eigenvalue weighted by Gasteiger charge is -2.17. The van der Waals surface area contributed by atoms with Gasteiger partial charge in [0.2, 0.25) is 0 Å². The van der Waals surface area contributed by atoms with Gasteiger partial charge in [0.05, 0.1) is 19.8 Å². The third kappa shape index (κ3) is 4.73. The van der Waals surface area contributed by atoms with Crippen molar-refractivity contribution in [1.29, 1.82) is 0 Å². The Bertz CT molecular complexity index is 1070. The van der Waals surface area contributed by atoms with Crippen LogP contribution in [0.25, 0.3) is 22.2 Å². The van der Waals surface area contributed by atoms with Crippen molar-refractivity contribution >= 4 is 10.9 Å². The molecule has 0 aliphatic carbocycles. The van der Waals surface area contributed by atoms with Gasteiger partial charge in [-0.2, -0.15) is 0 Å².